The zero-order chi connectivity index (χ0) is 21.1. The van der Waals surface area contributed by atoms with E-state index in [1.165, 1.54) is 0 Å². The topological polar surface area (TPSA) is 150 Å². The lowest BCUT2D eigenvalue weighted by Gasteiger charge is -2.04. The summed E-state index contributed by atoms with van der Waals surface area (Å²) in [5, 5.41) is 15.3. The average molecular weight is 437 g/mol. The minimum absolute atomic E-state index is 0. The number of amides is 4. The molecule has 162 valence electrons. The van der Waals surface area contributed by atoms with Crippen LogP contribution < -0.4 is 21.7 Å². The van der Waals surface area contributed by atoms with Crippen molar-refractivity contribution in [2.24, 2.45) is 19.8 Å². The molecule has 1 aliphatic rings. The molecule has 30 heavy (non-hydrogen) atoms. The molecule has 1 saturated heterocycles. The Kier molecular flexibility index (Phi) is 7.11. The summed E-state index contributed by atoms with van der Waals surface area (Å²) < 4.78 is 3.21. The number of anilines is 2. The van der Waals surface area contributed by atoms with Crippen molar-refractivity contribution in [3.63, 3.8) is 0 Å². The summed E-state index contributed by atoms with van der Waals surface area (Å²) in [4.78, 5) is 38.3. The van der Waals surface area contributed by atoms with Gasteiger partial charge in [0.25, 0.3) is 11.8 Å². The van der Waals surface area contributed by atoms with E-state index in [2.05, 4.69) is 16.0 Å². The van der Waals surface area contributed by atoms with Crippen LogP contribution in [0.25, 0.3) is 0 Å². The van der Waals surface area contributed by atoms with Crippen LogP contribution in [-0.2, 0) is 14.1 Å². The van der Waals surface area contributed by atoms with Crippen molar-refractivity contribution in [3.05, 3.63) is 35.9 Å². The van der Waals surface area contributed by atoms with E-state index in [0.29, 0.717) is 22.8 Å². The Morgan fingerprint density at radius 1 is 1.00 bits per heavy atom. The summed E-state index contributed by atoms with van der Waals surface area (Å²) in [6, 6.07) is 2.97. The van der Waals surface area contributed by atoms with E-state index in [9.17, 15) is 14.4 Å². The van der Waals surface area contributed by atoms with Crippen LogP contribution >= 0.6 is 12.4 Å². The maximum absolute atomic E-state index is 12.6. The number of hydrogen-bond acceptors (Lipinski definition) is 4. The van der Waals surface area contributed by atoms with Gasteiger partial charge in [0.05, 0.1) is 17.2 Å². The highest BCUT2D eigenvalue weighted by Crippen LogP contribution is 2.18. The van der Waals surface area contributed by atoms with Gasteiger partial charge in [0.15, 0.2) is 0 Å². The third-order valence-electron chi connectivity index (χ3n) is 4.40. The summed E-state index contributed by atoms with van der Waals surface area (Å²) in [5.74, 6) is -0.695. The third-order valence-corrected chi connectivity index (χ3v) is 4.40. The molecule has 1 aliphatic heterocycles. The third kappa shape index (κ3) is 5.54. The molecule has 3 heterocycles. The second-order valence-corrected chi connectivity index (χ2v) is 6.85. The van der Waals surface area contributed by atoms with Crippen LogP contribution in [0.4, 0.5) is 16.2 Å². The number of carbonyl (C=O) groups excluding carboxylic acids is 3. The van der Waals surface area contributed by atoms with Crippen molar-refractivity contribution in [1.29, 1.82) is 5.41 Å². The largest absolute Gasteiger partial charge is 0.388 e. The number of nitrogens with two attached hydrogens (primary N) is 1. The predicted molar refractivity (Wildman–Crippen MR) is 115 cm³/mol. The van der Waals surface area contributed by atoms with Crippen LogP contribution in [-0.4, -0.2) is 57.3 Å². The van der Waals surface area contributed by atoms with Crippen LogP contribution in [0.1, 0.15) is 27.4 Å². The average Bonchev–Trinajstić information content (AvgIpc) is 3.34. The number of hydrogen-bond donors (Lipinski definition) is 5. The van der Waals surface area contributed by atoms with Crippen molar-refractivity contribution in [1.82, 2.24) is 19.4 Å². The second kappa shape index (κ2) is 9.35. The maximum Gasteiger partial charge on any atom is 0.322 e. The summed E-state index contributed by atoms with van der Waals surface area (Å²) in [5.41, 5.74) is 7.00. The highest BCUT2D eigenvalue weighted by atomic mass is 35.5. The molecule has 2 aromatic heterocycles. The Hall–Kier alpha value is -3.47. The standard InChI is InChI=1S/C18H24N8O3.ClH/c1-24-9-11(7-13(24)16(27)21-4-3-15(19)20)22-17(28)14-8-12(10-25(14)2)23-18(29)26-5-6-26;/h7-10H,3-6H2,1-2H3,(H3,19,20)(H,21,27)(H,22,28)(H,23,29);1H. The summed E-state index contributed by atoms with van der Waals surface area (Å²) >= 11 is 0. The molecule has 12 heteroatoms. The summed E-state index contributed by atoms with van der Waals surface area (Å²) in [6.07, 6.45) is 3.56. The lowest BCUT2D eigenvalue weighted by atomic mass is 10.3. The van der Waals surface area contributed by atoms with Crippen LogP contribution in [0, 0.1) is 5.41 Å². The molecule has 1 fully saturated rings. The lowest BCUT2D eigenvalue weighted by molar-refractivity contribution is 0.0945. The Morgan fingerprint density at radius 3 is 2.07 bits per heavy atom. The van der Waals surface area contributed by atoms with Crippen molar-refractivity contribution in [2.75, 3.05) is 30.3 Å². The van der Waals surface area contributed by atoms with Crippen LogP contribution in [0.2, 0.25) is 0 Å². The molecule has 0 unspecified atom stereocenters. The SMILES string of the molecule is Cl.Cn1cc(NC(=O)c2cc(NC(=O)N3CC3)cn2C)cc1C(=O)NCCC(=N)N. The van der Waals surface area contributed by atoms with E-state index in [0.717, 1.165) is 13.1 Å². The number of aryl methyl sites for hydroxylation is 2. The number of rotatable bonds is 7. The predicted octanol–water partition coefficient (Wildman–Crippen LogP) is 0.941. The molecule has 0 spiro atoms. The molecule has 4 amide bonds. The minimum atomic E-state index is -0.367. The molecule has 0 saturated carbocycles. The van der Waals surface area contributed by atoms with E-state index in [4.69, 9.17) is 11.1 Å². The van der Waals surface area contributed by atoms with Gasteiger partial charge in [-0.15, -0.1) is 12.4 Å². The maximum atomic E-state index is 12.6. The number of aromatic nitrogens is 2. The molecule has 0 bridgehead atoms. The van der Waals surface area contributed by atoms with Gasteiger partial charge in [-0.2, -0.15) is 0 Å². The molecule has 0 radical (unpaired) electrons. The molecule has 6 N–H and O–H groups in total. The zero-order valence-electron chi connectivity index (χ0n) is 16.7. The van der Waals surface area contributed by atoms with Crippen LogP contribution in [0.3, 0.4) is 0 Å². The van der Waals surface area contributed by atoms with Crippen LogP contribution in [0.15, 0.2) is 24.5 Å². The highest BCUT2D eigenvalue weighted by Gasteiger charge is 2.24. The van der Waals surface area contributed by atoms with Gasteiger partial charge in [0.2, 0.25) is 0 Å². The number of urea groups is 1. The Balaban J connectivity index is 0.00000320. The van der Waals surface area contributed by atoms with Gasteiger partial charge in [0.1, 0.15) is 11.4 Å². The van der Waals surface area contributed by atoms with E-state index in [1.54, 1.807) is 52.7 Å². The van der Waals surface area contributed by atoms with Gasteiger partial charge < -0.3 is 35.7 Å². The molecule has 0 aromatic carbocycles. The second-order valence-electron chi connectivity index (χ2n) is 6.85. The van der Waals surface area contributed by atoms with Crippen LogP contribution in [0.5, 0.6) is 0 Å². The van der Waals surface area contributed by atoms with Gasteiger partial charge in [0, 0.05) is 52.5 Å². The molecular weight excluding hydrogens is 412 g/mol. The Labute approximate surface area is 179 Å². The molecule has 2 aromatic rings. The fourth-order valence-electron chi connectivity index (χ4n) is 2.77. The first-order valence-electron chi connectivity index (χ1n) is 9.05. The van der Waals surface area contributed by atoms with E-state index in [1.807, 2.05) is 0 Å². The van der Waals surface area contributed by atoms with Crippen molar-refractivity contribution in [3.8, 4) is 0 Å². The molecule has 0 aliphatic carbocycles. The normalized spacial score (nSPS) is 12.0. The first-order valence-corrected chi connectivity index (χ1v) is 9.05. The van der Waals surface area contributed by atoms with Crippen molar-refractivity contribution < 1.29 is 14.4 Å². The lowest BCUT2D eigenvalue weighted by Crippen LogP contribution is -2.28. The first-order chi connectivity index (χ1) is 13.7. The smallest absolute Gasteiger partial charge is 0.322 e. The first kappa shape index (κ1) is 22.8. The number of nitrogens with zero attached hydrogens (tertiary/aromatic N) is 3. The van der Waals surface area contributed by atoms with Crippen molar-refractivity contribution >= 4 is 47.5 Å². The zero-order valence-corrected chi connectivity index (χ0v) is 17.5. The molecule has 0 atom stereocenters. The monoisotopic (exact) mass is 436 g/mol. The fraction of sp³-hybridized carbons (Fsp3) is 0.333. The van der Waals surface area contributed by atoms with Gasteiger partial charge in [-0.3, -0.25) is 15.0 Å². The Bertz CT molecular complexity index is 976. The number of carbonyl (C=O) groups is 3. The summed E-state index contributed by atoms with van der Waals surface area (Å²) in [6.45, 7) is 1.74. The highest BCUT2D eigenvalue weighted by molar-refractivity contribution is 6.05. The van der Waals surface area contributed by atoms with E-state index < -0.39 is 0 Å². The van der Waals surface area contributed by atoms with Gasteiger partial charge in [-0.1, -0.05) is 0 Å². The number of amidine groups is 1. The number of nitrogens with one attached hydrogen (secondary N) is 4. The molecule has 3 rings (SSSR count). The summed E-state index contributed by atoms with van der Waals surface area (Å²) in [7, 11) is 3.40. The van der Waals surface area contributed by atoms with Gasteiger partial charge >= 0.3 is 6.03 Å². The molecule has 11 nitrogen and oxygen atoms in total. The Morgan fingerprint density at radius 2 is 1.53 bits per heavy atom. The van der Waals surface area contributed by atoms with Crippen molar-refractivity contribution in [2.45, 2.75) is 6.42 Å². The quantitative estimate of drug-likeness (QED) is 0.249. The number of halogens is 1. The minimum Gasteiger partial charge on any atom is -0.388 e. The molecular formula is C18H25ClN8O3. The fourth-order valence-corrected chi connectivity index (χ4v) is 2.77. The van der Waals surface area contributed by atoms with E-state index >= 15 is 0 Å². The van der Waals surface area contributed by atoms with Gasteiger partial charge in [-0.25, -0.2) is 4.79 Å². The van der Waals surface area contributed by atoms with E-state index in [-0.39, 0.29) is 49.1 Å². The van der Waals surface area contributed by atoms with Gasteiger partial charge in [-0.05, 0) is 12.1 Å².